The Labute approximate surface area is 99.7 Å². The van der Waals surface area contributed by atoms with Gasteiger partial charge in [-0.05, 0) is 23.3 Å². The minimum absolute atomic E-state index is 0.726. The average molecular weight is 221 g/mol. The van der Waals surface area contributed by atoms with Crippen molar-refractivity contribution in [3.8, 4) is 11.1 Å². The Morgan fingerprint density at radius 3 is 1.82 bits per heavy atom. The van der Waals surface area contributed by atoms with Gasteiger partial charge in [-0.3, -0.25) is 0 Å². The SMILES string of the molecule is [O-][N+]1=C(c2ccc(-c3ccccc3)cc2)C=C1. The summed E-state index contributed by atoms with van der Waals surface area (Å²) < 4.78 is 0.886. The van der Waals surface area contributed by atoms with Crippen LogP contribution in [0.5, 0.6) is 0 Å². The van der Waals surface area contributed by atoms with Crippen molar-refractivity contribution in [2.45, 2.75) is 0 Å². The first-order valence-corrected chi connectivity index (χ1v) is 5.52. The number of hydrogen-bond donors (Lipinski definition) is 0. The lowest BCUT2D eigenvalue weighted by atomic mass is 10.0. The van der Waals surface area contributed by atoms with E-state index in [1.165, 1.54) is 11.8 Å². The Balaban J connectivity index is 1.94. The summed E-state index contributed by atoms with van der Waals surface area (Å²) in [6.07, 6.45) is 3.34. The van der Waals surface area contributed by atoms with Crippen LogP contribution in [0.2, 0.25) is 0 Å². The number of rotatable bonds is 2. The van der Waals surface area contributed by atoms with E-state index in [9.17, 15) is 5.21 Å². The van der Waals surface area contributed by atoms with Gasteiger partial charge in [-0.1, -0.05) is 42.5 Å². The number of allylic oxidation sites excluding steroid dienone is 1. The fraction of sp³-hybridized carbons (Fsp3) is 0. The molecule has 2 aromatic carbocycles. The zero-order valence-corrected chi connectivity index (χ0v) is 9.21. The molecule has 2 aromatic rings. The van der Waals surface area contributed by atoms with Gasteiger partial charge in [0.05, 0.1) is 6.08 Å². The molecule has 0 aromatic heterocycles. The molecular weight excluding hydrogens is 210 g/mol. The molecule has 0 N–H and O–H groups in total. The van der Waals surface area contributed by atoms with E-state index in [-0.39, 0.29) is 0 Å². The van der Waals surface area contributed by atoms with E-state index in [0.29, 0.717) is 0 Å². The summed E-state index contributed by atoms with van der Waals surface area (Å²) in [5.41, 5.74) is 4.04. The molecule has 0 amide bonds. The molecule has 17 heavy (non-hydrogen) atoms. The maximum atomic E-state index is 11.2. The molecule has 2 nitrogen and oxygen atoms in total. The monoisotopic (exact) mass is 221 g/mol. The summed E-state index contributed by atoms with van der Waals surface area (Å²) in [5.74, 6) is 0. The van der Waals surface area contributed by atoms with Crippen molar-refractivity contribution in [1.82, 2.24) is 0 Å². The van der Waals surface area contributed by atoms with E-state index in [1.54, 1.807) is 0 Å². The molecule has 1 heterocycles. The molecule has 0 aliphatic carbocycles. The second-order valence-corrected chi connectivity index (χ2v) is 3.97. The number of hydrogen-bond acceptors (Lipinski definition) is 1. The Morgan fingerprint density at radius 1 is 0.706 bits per heavy atom. The number of nitrogens with zero attached hydrogens (tertiary/aromatic N) is 1. The second kappa shape index (κ2) is 3.91. The maximum absolute atomic E-state index is 11.2. The Hall–Kier alpha value is -2.35. The van der Waals surface area contributed by atoms with Gasteiger partial charge in [0, 0.05) is 5.56 Å². The van der Waals surface area contributed by atoms with E-state index >= 15 is 0 Å². The minimum atomic E-state index is 0.726. The van der Waals surface area contributed by atoms with Gasteiger partial charge in [-0.15, -0.1) is 0 Å². The lowest BCUT2D eigenvalue weighted by molar-refractivity contribution is -0.388. The quantitative estimate of drug-likeness (QED) is 0.565. The molecule has 0 saturated carbocycles. The summed E-state index contributed by atoms with van der Waals surface area (Å²) in [5, 5.41) is 11.2. The van der Waals surface area contributed by atoms with Gasteiger partial charge < -0.3 is 5.21 Å². The highest BCUT2D eigenvalue weighted by Crippen LogP contribution is 2.20. The van der Waals surface area contributed by atoms with Crippen LogP contribution in [0, 0.1) is 5.21 Å². The largest absolute Gasteiger partial charge is 0.618 e. The second-order valence-electron chi connectivity index (χ2n) is 3.97. The van der Waals surface area contributed by atoms with Crippen molar-refractivity contribution in [1.29, 1.82) is 0 Å². The van der Waals surface area contributed by atoms with Gasteiger partial charge in [-0.25, -0.2) is 0 Å². The summed E-state index contributed by atoms with van der Waals surface area (Å²) in [6, 6.07) is 18.2. The summed E-state index contributed by atoms with van der Waals surface area (Å²) in [7, 11) is 0. The van der Waals surface area contributed by atoms with Gasteiger partial charge in [0.25, 0.3) is 0 Å². The molecule has 0 bridgehead atoms. The van der Waals surface area contributed by atoms with Gasteiger partial charge in [0.1, 0.15) is 0 Å². The fourth-order valence-electron chi connectivity index (χ4n) is 1.90. The van der Waals surface area contributed by atoms with Gasteiger partial charge >= 0.3 is 0 Å². The van der Waals surface area contributed by atoms with Crippen LogP contribution in [0.25, 0.3) is 11.1 Å². The highest BCUT2D eigenvalue weighted by molar-refractivity contribution is 6.07. The Kier molecular flexibility index (Phi) is 2.26. The van der Waals surface area contributed by atoms with Crippen LogP contribution in [0.15, 0.2) is 66.9 Å². The normalized spacial score (nSPS) is 13.6. The summed E-state index contributed by atoms with van der Waals surface area (Å²) >= 11 is 0. The van der Waals surface area contributed by atoms with Crippen LogP contribution in [-0.2, 0) is 0 Å². The smallest absolute Gasteiger partial charge is 0.229 e. The zero-order valence-electron chi connectivity index (χ0n) is 9.21. The van der Waals surface area contributed by atoms with Gasteiger partial charge in [0.2, 0.25) is 5.71 Å². The minimum Gasteiger partial charge on any atom is -0.618 e. The van der Waals surface area contributed by atoms with Crippen molar-refractivity contribution < 1.29 is 4.74 Å². The fourth-order valence-corrected chi connectivity index (χ4v) is 1.90. The number of benzene rings is 2. The van der Waals surface area contributed by atoms with E-state index in [4.69, 9.17) is 0 Å². The molecule has 0 fully saturated rings. The van der Waals surface area contributed by atoms with Crippen molar-refractivity contribution in [3.05, 3.63) is 77.6 Å². The van der Waals surface area contributed by atoms with Crippen molar-refractivity contribution >= 4 is 5.71 Å². The van der Waals surface area contributed by atoms with Crippen LogP contribution in [0.4, 0.5) is 0 Å². The van der Waals surface area contributed by atoms with Crippen molar-refractivity contribution in [2.24, 2.45) is 0 Å². The molecule has 0 radical (unpaired) electrons. The molecular formula is C15H11NO. The first-order chi connectivity index (χ1) is 8.34. The van der Waals surface area contributed by atoms with E-state index in [0.717, 1.165) is 21.6 Å². The van der Waals surface area contributed by atoms with E-state index < -0.39 is 0 Å². The third-order valence-corrected chi connectivity index (χ3v) is 2.89. The van der Waals surface area contributed by atoms with E-state index in [2.05, 4.69) is 12.1 Å². The standard InChI is InChI=1S/C15H11NO/c17-16-11-10-15(16)14-8-6-13(7-9-14)12-4-2-1-3-5-12/h1-11H. The third-order valence-electron chi connectivity index (χ3n) is 2.89. The first-order valence-electron chi connectivity index (χ1n) is 5.52. The highest BCUT2D eigenvalue weighted by atomic mass is 16.5. The lowest BCUT2D eigenvalue weighted by Crippen LogP contribution is -2.17. The molecule has 1 aliphatic heterocycles. The van der Waals surface area contributed by atoms with Crippen LogP contribution >= 0.6 is 0 Å². The molecule has 0 saturated heterocycles. The van der Waals surface area contributed by atoms with Crippen LogP contribution < -0.4 is 0 Å². The topological polar surface area (TPSA) is 26.1 Å². The summed E-state index contributed by atoms with van der Waals surface area (Å²) in [6.45, 7) is 0. The molecule has 0 unspecified atom stereocenters. The maximum Gasteiger partial charge on any atom is 0.229 e. The predicted molar refractivity (Wildman–Crippen MR) is 68.8 cm³/mol. The molecule has 3 rings (SSSR count). The lowest BCUT2D eigenvalue weighted by Gasteiger charge is -2.10. The van der Waals surface area contributed by atoms with Crippen LogP contribution in [-0.4, -0.2) is 10.5 Å². The molecule has 82 valence electrons. The molecule has 2 heteroatoms. The van der Waals surface area contributed by atoms with Gasteiger partial charge in [0.15, 0.2) is 6.20 Å². The molecule has 0 atom stereocenters. The Morgan fingerprint density at radius 2 is 1.29 bits per heavy atom. The summed E-state index contributed by atoms with van der Waals surface area (Å²) in [4.78, 5) is 0. The predicted octanol–water partition coefficient (Wildman–Crippen LogP) is 3.18. The molecule has 1 aliphatic rings. The highest BCUT2D eigenvalue weighted by Gasteiger charge is 2.15. The Bertz CT molecular complexity index is 595. The van der Waals surface area contributed by atoms with Gasteiger partial charge in [-0.2, -0.15) is 4.74 Å². The van der Waals surface area contributed by atoms with E-state index in [1.807, 2.05) is 48.5 Å². The zero-order chi connectivity index (χ0) is 11.7. The third kappa shape index (κ3) is 1.74. The molecule has 0 spiro atoms. The number of hydroxylamine groups is 1. The van der Waals surface area contributed by atoms with Crippen LogP contribution in [0.1, 0.15) is 5.56 Å². The van der Waals surface area contributed by atoms with Crippen molar-refractivity contribution in [3.63, 3.8) is 0 Å². The average Bonchev–Trinajstić information content (AvgIpc) is 2.39. The van der Waals surface area contributed by atoms with Crippen molar-refractivity contribution in [2.75, 3.05) is 0 Å². The van der Waals surface area contributed by atoms with Crippen LogP contribution in [0.3, 0.4) is 0 Å². The first kappa shape index (κ1) is 9.85.